The van der Waals surface area contributed by atoms with Crippen LogP contribution in [0.2, 0.25) is 0 Å². The fraction of sp³-hybridized carbons (Fsp3) is 0.833. The third-order valence-corrected chi connectivity index (χ3v) is 2.80. The summed E-state index contributed by atoms with van der Waals surface area (Å²) in [5.74, 6) is 0.630. The van der Waals surface area contributed by atoms with Crippen LogP contribution in [0.25, 0.3) is 0 Å². The smallest absolute Gasteiger partial charge is 0.108 e. The number of rotatable bonds is 8. The van der Waals surface area contributed by atoms with Gasteiger partial charge in [0.2, 0.25) is 0 Å². The molecule has 1 N–H and O–H groups in total. The van der Waals surface area contributed by atoms with Crippen LogP contribution in [0.5, 0.6) is 0 Å². The van der Waals surface area contributed by atoms with Crippen molar-refractivity contribution in [3.63, 3.8) is 0 Å². The average Bonchev–Trinajstić information content (AvgIpc) is 2.72. The highest BCUT2D eigenvalue weighted by atomic mass is 16.3. The van der Waals surface area contributed by atoms with Gasteiger partial charge in [-0.15, -0.1) is 5.10 Å². The summed E-state index contributed by atoms with van der Waals surface area (Å²) in [6, 6.07) is 0. The van der Waals surface area contributed by atoms with Crippen molar-refractivity contribution in [1.29, 1.82) is 0 Å². The quantitative estimate of drug-likeness (QED) is 0.691. The van der Waals surface area contributed by atoms with Gasteiger partial charge in [-0.2, -0.15) is 0 Å². The summed E-state index contributed by atoms with van der Waals surface area (Å²) in [6.07, 6.45) is 8.33. The van der Waals surface area contributed by atoms with Gasteiger partial charge in [0, 0.05) is 6.54 Å². The zero-order valence-electron chi connectivity index (χ0n) is 10.4. The van der Waals surface area contributed by atoms with Crippen molar-refractivity contribution in [1.82, 2.24) is 15.0 Å². The van der Waals surface area contributed by atoms with Crippen LogP contribution in [-0.2, 0) is 13.2 Å². The van der Waals surface area contributed by atoms with Gasteiger partial charge in [0.05, 0.1) is 12.8 Å². The first-order valence-corrected chi connectivity index (χ1v) is 6.26. The first-order chi connectivity index (χ1) is 7.76. The molecule has 92 valence electrons. The van der Waals surface area contributed by atoms with E-state index in [-0.39, 0.29) is 6.61 Å². The maximum absolute atomic E-state index is 8.87. The highest BCUT2D eigenvalue weighted by Crippen LogP contribution is 2.12. The van der Waals surface area contributed by atoms with Gasteiger partial charge >= 0.3 is 0 Å². The second-order valence-electron chi connectivity index (χ2n) is 4.54. The minimum Gasteiger partial charge on any atom is -0.390 e. The average molecular weight is 225 g/mol. The van der Waals surface area contributed by atoms with E-state index >= 15 is 0 Å². The van der Waals surface area contributed by atoms with Crippen LogP contribution in [0.15, 0.2) is 6.20 Å². The molecule has 0 fully saturated rings. The molecule has 1 unspecified atom stereocenters. The maximum Gasteiger partial charge on any atom is 0.108 e. The fourth-order valence-electron chi connectivity index (χ4n) is 1.83. The molecule has 4 nitrogen and oxygen atoms in total. The Morgan fingerprint density at radius 2 is 2.19 bits per heavy atom. The van der Waals surface area contributed by atoms with E-state index in [0.717, 1.165) is 6.54 Å². The summed E-state index contributed by atoms with van der Waals surface area (Å²) < 4.78 is 1.83. The molecule has 0 radical (unpaired) electrons. The lowest BCUT2D eigenvalue weighted by Crippen LogP contribution is -2.08. The molecule has 0 aliphatic carbocycles. The Morgan fingerprint density at radius 1 is 1.38 bits per heavy atom. The van der Waals surface area contributed by atoms with Crippen LogP contribution in [0, 0.1) is 5.92 Å². The lowest BCUT2D eigenvalue weighted by Gasteiger charge is -2.10. The second-order valence-corrected chi connectivity index (χ2v) is 4.54. The Bertz CT molecular complexity index is 286. The molecule has 4 heteroatoms. The molecular formula is C12H23N3O. The van der Waals surface area contributed by atoms with Gasteiger partial charge in [0.15, 0.2) is 0 Å². The largest absolute Gasteiger partial charge is 0.390 e. The lowest BCUT2D eigenvalue weighted by molar-refractivity contribution is 0.276. The fourth-order valence-corrected chi connectivity index (χ4v) is 1.83. The van der Waals surface area contributed by atoms with Gasteiger partial charge < -0.3 is 5.11 Å². The Balaban J connectivity index is 2.20. The minimum absolute atomic E-state index is 0.0229. The van der Waals surface area contributed by atoms with Gasteiger partial charge in [0.25, 0.3) is 0 Å². The van der Waals surface area contributed by atoms with Crippen molar-refractivity contribution in [2.75, 3.05) is 0 Å². The van der Waals surface area contributed by atoms with E-state index in [1.54, 1.807) is 0 Å². The number of hydrogen-bond donors (Lipinski definition) is 1. The predicted octanol–water partition coefficient (Wildman–Crippen LogP) is 2.38. The summed E-state index contributed by atoms with van der Waals surface area (Å²) in [7, 11) is 0. The van der Waals surface area contributed by atoms with E-state index in [4.69, 9.17) is 5.11 Å². The zero-order valence-corrected chi connectivity index (χ0v) is 10.4. The molecule has 1 heterocycles. The number of nitrogens with zero attached hydrogens (tertiary/aromatic N) is 3. The number of aromatic nitrogens is 3. The van der Waals surface area contributed by atoms with Gasteiger partial charge in [0.1, 0.15) is 5.69 Å². The summed E-state index contributed by atoms with van der Waals surface area (Å²) >= 11 is 0. The number of aliphatic hydroxyl groups is 1. The summed E-state index contributed by atoms with van der Waals surface area (Å²) in [5, 5.41) is 16.7. The molecule has 16 heavy (non-hydrogen) atoms. The van der Waals surface area contributed by atoms with Gasteiger partial charge in [-0.1, -0.05) is 44.7 Å². The number of aliphatic hydroxyl groups excluding tert-OH is 1. The molecule has 0 aromatic carbocycles. The molecule has 0 saturated heterocycles. The third-order valence-electron chi connectivity index (χ3n) is 2.80. The Labute approximate surface area is 97.7 Å². The highest BCUT2D eigenvalue weighted by Gasteiger charge is 2.05. The van der Waals surface area contributed by atoms with Crippen molar-refractivity contribution >= 4 is 0 Å². The molecule has 0 amide bonds. The van der Waals surface area contributed by atoms with E-state index in [2.05, 4.69) is 24.2 Å². The Morgan fingerprint density at radius 3 is 2.81 bits per heavy atom. The zero-order chi connectivity index (χ0) is 11.8. The molecule has 0 aliphatic heterocycles. The summed E-state index contributed by atoms with van der Waals surface area (Å²) in [5.41, 5.74) is 0.651. The first-order valence-electron chi connectivity index (χ1n) is 6.26. The molecular weight excluding hydrogens is 202 g/mol. The molecule has 1 aromatic rings. The van der Waals surface area contributed by atoms with Gasteiger partial charge in [-0.25, -0.2) is 0 Å². The predicted molar refractivity (Wildman–Crippen MR) is 63.9 cm³/mol. The van der Waals surface area contributed by atoms with Gasteiger partial charge in [-0.3, -0.25) is 4.68 Å². The van der Waals surface area contributed by atoms with Crippen LogP contribution in [-0.4, -0.2) is 20.1 Å². The normalized spacial score (nSPS) is 12.9. The van der Waals surface area contributed by atoms with Gasteiger partial charge in [-0.05, 0) is 12.3 Å². The maximum atomic E-state index is 8.87. The second kappa shape index (κ2) is 7.39. The van der Waals surface area contributed by atoms with E-state index in [9.17, 15) is 0 Å². The topological polar surface area (TPSA) is 50.9 Å². The van der Waals surface area contributed by atoms with Crippen molar-refractivity contribution < 1.29 is 5.11 Å². The van der Waals surface area contributed by atoms with Crippen molar-refractivity contribution in [3.8, 4) is 0 Å². The number of unbranched alkanes of at least 4 members (excludes halogenated alkanes) is 3. The Kier molecular flexibility index (Phi) is 6.08. The van der Waals surface area contributed by atoms with Crippen LogP contribution < -0.4 is 0 Å². The Hall–Kier alpha value is -0.900. The van der Waals surface area contributed by atoms with E-state index in [1.165, 1.54) is 32.1 Å². The highest BCUT2D eigenvalue weighted by molar-refractivity contribution is 4.88. The standard InChI is InChI=1S/C12H23N3O/c1-3-4-5-6-7-11(2)8-15-9-12(10-16)13-14-15/h9,11,16H,3-8,10H2,1-2H3. The van der Waals surface area contributed by atoms with Crippen molar-refractivity contribution in [2.45, 2.75) is 59.1 Å². The SMILES string of the molecule is CCCCCCC(C)Cn1cc(CO)nn1. The number of hydrogen-bond acceptors (Lipinski definition) is 3. The van der Waals surface area contributed by atoms with E-state index in [1.807, 2.05) is 10.9 Å². The molecule has 0 aliphatic rings. The lowest BCUT2D eigenvalue weighted by atomic mass is 10.0. The molecule has 1 atom stereocenters. The molecule has 0 saturated carbocycles. The van der Waals surface area contributed by atoms with Crippen molar-refractivity contribution in [2.24, 2.45) is 5.92 Å². The van der Waals surface area contributed by atoms with Crippen LogP contribution in [0.4, 0.5) is 0 Å². The third kappa shape index (κ3) is 4.75. The minimum atomic E-state index is -0.0229. The first kappa shape index (κ1) is 13.2. The molecule has 0 bridgehead atoms. The van der Waals surface area contributed by atoms with Crippen LogP contribution in [0.3, 0.4) is 0 Å². The van der Waals surface area contributed by atoms with E-state index < -0.39 is 0 Å². The van der Waals surface area contributed by atoms with Crippen molar-refractivity contribution in [3.05, 3.63) is 11.9 Å². The summed E-state index contributed by atoms with van der Waals surface area (Å²) in [4.78, 5) is 0. The van der Waals surface area contributed by atoms with Crippen LogP contribution in [0.1, 0.15) is 51.6 Å². The molecule has 1 rings (SSSR count). The summed E-state index contributed by atoms with van der Waals surface area (Å²) in [6.45, 7) is 5.35. The van der Waals surface area contributed by atoms with E-state index in [0.29, 0.717) is 11.6 Å². The molecule has 0 spiro atoms. The monoisotopic (exact) mass is 225 g/mol. The molecule has 1 aromatic heterocycles. The van der Waals surface area contributed by atoms with Crippen LogP contribution >= 0.6 is 0 Å².